The Labute approximate surface area is 196 Å². The van der Waals surface area contributed by atoms with Crippen molar-refractivity contribution in [2.45, 2.75) is 31.3 Å². The van der Waals surface area contributed by atoms with Gasteiger partial charge in [-0.2, -0.15) is 0 Å². The summed E-state index contributed by atoms with van der Waals surface area (Å²) in [6, 6.07) is 10.9. The minimum Gasteiger partial charge on any atom is -0.454 e. The first-order valence-electron chi connectivity index (χ1n) is 11.2. The number of fused-ring (bicyclic) bond motifs is 2. The Morgan fingerprint density at radius 2 is 1.88 bits per heavy atom. The third kappa shape index (κ3) is 3.79. The standard InChI is InChI=1S/C25H24ClFN4O2/c26-21-3-2-17(27)8-19(21)16-10-29-25(30-11-16)31-12-15-7-18(28)9-20(15)22(31)5-14-1-4-23-24(6-14)33-13-32-23/h1-4,6,8,10-11,15,18,20,22H,5,7,9,12-13,28H2/t15-,18+,20+,22+/m1/s1. The molecule has 8 heteroatoms. The number of nitrogens with two attached hydrogens (primary N) is 1. The fraction of sp³-hybridized carbons (Fsp3) is 0.360. The lowest BCUT2D eigenvalue weighted by Crippen LogP contribution is -2.37. The summed E-state index contributed by atoms with van der Waals surface area (Å²) in [4.78, 5) is 11.6. The number of hydrogen-bond acceptors (Lipinski definition) is 6. The van der Waals surface area contributed by atoms with E-state index in [9.17, 15) is 4.39 Å². The minimum atomic E-state index is -0.342. The van der Waals surface area contributed by atoms with E-state index in [1.54, 1.807) is 18.5 Å². The summed E-state index contributed by atoms with van der Waals surface area (Å²) >= 11 is 6.27. The van der Waals surface area contributed by atoms with Crippen molar-refractivity contribution in [2.75, 3.05) is 18.2 Å². The van der Waals surface area contributed by atoms with Gasteiger partial charge in [0.1, 0.15) is 5.82 Å². The molecule has 0 spiro atoms. The summed E-state index contributed by atoms with van der Waals surface area (Å²) in [5.74, 6) is 2.94. The van der Waals surface area contributed by atoms with Gasteiger partial charge in [-0.05, 0) is 67.0 Å². The molecule has 0 amide bonds. The average molecular weight is 467 g/mol. The highest BCUT2D eigenvalue weighted by atomic mass is 35.5. The van der Waals surface area contributed by atoms with E-state index in [1.807, 2.05) is 6.07 Å². The number of rotatable bonds is 4. The van der Waals surface area contributed by atoms with Gasteiger partial charge in [-0.25, -0.2) is 14.4 Å². The molecule has 3 aliphatic rings. The van der Waals surface area contributed by atoms with Gasteiger partial charge >= 0.3 is 0 Å². The maximum Gasteiger partial charge on any atom is 0.231 e. The van der Waals surface area contributed by atoms with Gasteiger partial charge in [-0.3, -0.25) is 0 Å². The predicted octanol–water partition coefficient (Wildman–Crippen LogP) is 4.45. The van der Waals surface area contributed by atoms with Gasteiger partial charge in [0, 0.05) is 47.2 Å². The smallest absolute Gasteiger partial charge is 0.231 e. The van der Waals surface area contributed by atoms with E-state index in [0.29, 0.717) is 33.9 Å². The molecule has 2 N–H and O–H groups in total. The topological polar surface area (TPSA) is 73.5 Å². The zero-order valence-electron chi connectivity index (χ0n) is 18.0. The molecule has 33 heavy (non-hydrogen) atoms. The molecule has 6 rings (SSSR count). The first-order valence-corrected chi connectivity index (χ1v) is 11.6. The van der Waals surface area contributed by atoms with Crippen LogP contribution in [0.3, 0.4) is 0 Å². The second kappa shape index (κ2) is 8.15. The first-order chi connectivity index (χ1) is 16.0. The Balaban J connectivity index is 1.29. The molecule has 2 fully saturated rings. The van der Waals surface area contributed by atoms with Crippen LogP contribution in [-0.2, 0) is 6.42 Å². The van der Waals surface area contributed by atoms with E-state index in [0.717, 1.165) is 37.3 Å². The molecular weight excluding hydrogens is 443 g/mol. The summed E-state index contributed by atoms with van der Waals surface area (Å²) < 4.78 is 24.8. The Morgan fingerprint density at radius 1 is 1.06 bits per heavy atom. The third-order valence-corrected chi connectivity index (χ3v) is 7.46. The molecule has 1 aromatic heterocycles. The zero-order valence-corrected chi connectivity index (χ0v) is 18.7. The van der Waals surface area contributed by atoms with E-state index in [-0.39, 0.29) is 24.7 Å². The summed E-state index contributed by atoms with van der Waals surface area (Å²) in [7, 11) is 0. The van der Waals surface area contributed by atoms with Gasteiger partial charge in [-0.1, -0.05) is 17.7 Å². The number of benzene rings is 2. The first kappa shape index (κ1) is 20.7. The van der Waals surface area contributed by atoms with Crippen LogP contribution in [0, 0.1) is 17.7 Å². The van der Waals surface area contributed by atoms with Crippen LogP contribution in [0.15, 0.2) is 48.8 Å². The molecule has 0 unspecified atom stereocenters. The maximum absolute atomic E-state index is 13.7. The molecule has 0 radical (unpaired) electrons. The zero-order chi connectivity index (χ0) is 22.5. The third-order valence-electron chi connectivity index (χ3n) is 7.13. The van der Waals surface area contributed by atoms with Crippen molar-refractivity contribution in [3.05, 3.63) is 65.2 Å². The van der Waals surface area contributed by atoms with Crippen LogP contribution in [-0.4, -0.2) is 35.4 Å². The van der Waals surface area contributed by atoms with Gasteiger partial charge in [0.05, 0.1) is 0 Å². The lowest BCUT2D eigenvalue weighted by atomic mass is 9.90. The highest BCUT2D eigenvalue weighted by Crippen LogP contribution is 2.44. The SMILES string of the molecule is N[C@H]1C[C@@H]2CN(c3ncc(-c4cc(F)ccc4Cl)cn3)[C@@H](Cc3ccc4c(c3)OCO4)[C@H]2C1. The Hall–Kier alpha value is -2.90. The number of nitrogens with zero attached hydrogens (tertiary/aromatic N) is 3. The predicted molar refractivity (Wildman–Crippen MR) is 124 cm³/mol. The molecule has 2 aromatic carbocycles. The molecule has 0 bridgehead atoms. The normalized spacial score (nSPS) is 25.5. The quantitative estimate of drug-likeness (QED) is 0.612. The van der Waals surface area contributed by atoms with Crippen molar-refractivity contribution in [3.63, 3.8) is 0 Å². The number of halogens is 2. The average Bonchev–Trinajstić information content (AvgIpc) is 3.51. The van der Waals surface area contributed by atoms with Crippen LogP contribution >= 0.6 is 11.6 Å². The molecule has 6 nitrogen and oxygen atoms in total. The van der Waals surface area contributed by atoms with Crippen LogP contribution in [0.5, 0.6) is 11.5 Å². The number of hydrogen-bond donors (Lipinski definition) is 1. The second-order valence-electron chi connectivity index (χ2n) is 9.16. The van der Waals surface area contributed by atoms with Crippen LogP contribution in [0.4, 0.5) is 10.3 Å². The van der Waals surface area contributed by atoms with Crippen LogP contribution in [0.25, 0.3) is 11.1 Å². The highest BCUT2D eigenvalue weighted by Gasteiger charge is 2.47. The summed E-state index contributed by atoms with van der Waals surface area (Å²) in [5.41, 5.74) is 8.79. The lowest BCUT2D eigenvalue weighted by Gasteiger charge is -2.29. The van der Waals surface area contributed by atoms with Crippen molar-refractivity contribution in [3.8, 4) is 22.6 Å². The van der Waals surface area contributed by atoms with Gasteiger partial charge in [0.15, 0.2) is 11.5 Å². The van der Waals surface area contributed by atoms with Crippen molar-refractivity contribution in [2.24, 2.45) is 17.6 Å². The number of anilines is 1. The van der Waals surface area contributed by atoms with E-state index < -0.39 is 0 Å². The van der Waals surface area contributed by atoms with E-state index in [1.165, 1.54) is 17.7 Å². The van der Waals surface area contributed by atoms with E-state index >= 15 is 0 Å². The second-order valence-corrected chi connectivity index (χ2v) is 9.57. The Morgan fingerprint density at radius 3 is 2.73 bits per heavy atom. The van der Waals surface area contributed by atoms with Crippen molar-refractivity contribution in [1.82, 2.24) is 9.97 Å². The molecule has 1 saturated heterocycles. The molecule has 4 atom stereocenters. The fourth-order valence-electron chi connectivity index (χ4n) is 5.63. The summed E-state index contributed by atoms with van der Waals surface area (Å²) in [6.45, 7) is 1.15. The molecule has 170 valence electrons. The summed E-state index contributed by atoms with van der Waals surface area (Å²) in [6.07, 6.45) is 6.33. The molecule has 1 aliphatic carbocycles. The van der Waals surface area contributed by atoms with Crippen molar-refractivity contribution >= 4 is 17.5 Å². The molecular formula is C25H24ClFN4O2. The Kier molecular flexibility index (Phi) is 5.11. The van der Waals surface area contributed by atoms with Crippen LogP contribution in [0.1, 0.15) is 18.4 Å². The number of aromatic nitrogens is 2. The largest absolute Gasteiger partial charge is 0.454 e. The summed E-state index contributed by atoms with van der Waals surface area (Å²) in [5, 5.41) is 0.470. The lowest BCUT2D eigenvalue weighted by molar-refractivity contribution is 0.174. The minimum absolute atomic E-state index is 0.243. The maximum atomic E-state index is 13.7. The van der Waals surface area contributed by atoms with E-state index in [2.05, 4.69) is 27.0 Å². The van der Waals surface area contributed by atoms with Gasteiger partial charge < -0.3 is 20.1 Å². The van der Waals surface area contributed by atoms with Gasteiger partial charge in [0.25, 0.3) is 0 Å². The molecule has 1 saturated carbocycles. The van der Waals surface area contributed by atoms with Crippen LogP contribution < -0.4 is 20.1 Å². The van der Waals surface area contributed by atoms with Gasteiger partial charge in [0.2, 0.25) is 12.7 Å². The molecule has 3 heterocycles. The van der Waals surface area contributed by atoms with Crippen LogP contribution in [0.2, 0.25) is 5.02 Å². The monoisotopic (exact) mass is 466 g/mol. The number of ether oxygens (including phenoxy) is 2. The van der Waals surface area contributed by atoms with E-state index in [4.69, 9.17) is 26.8 Å². The fourth-order valence-corrected chi connectivity index (χ4v) is 5.86. The molecule has 3 aromatic rings. The van der Waals surface area contributed by atoms with Crippen molar-refractivity contribution < 1.29 is 13.9 Å². The van der Waals surface area contributed by atoms with Gasteiger partial charge in [-0.15, -0.1) is 0 Å². The van der Waals surface area contributed by atoms with Crippen molar-refractivity contribution in [1.29, 1.82) is 0 Å². The Bertz CT molecular complexity index is 1190. The highest BCUT2D eigenvalue weighted by molar-refractivity contribution is 6.33. The molecule has 2 aliphatic heterocycles.